The largest absolute Gasteiger partial charge is 0.484 e. The minimum atomic E-state index is -4.60. The number of primary amides is 1. The number of rotatable bonds is 8. The molecule has 0 radical (unpaired) electrons. The first-order valence-electron chi connectivity index (χ1n) is 10.4. The second-order valence-corrected chi connectivity index (χ2v) is 7.95. The summed E-state index contributed by atoms with van der Waals surface area (Å²) in [5.41, 5.74) is 5.60. The molecule has 0 spiro atoms. The molecule has 1 saturated heterocycles. The summed E-state index contributed by atoms with van der Waals surface area (Å²) >= 11 is 0. The van der Waals surface area contributed by atoms with Crippen LogP contribution in [0.2, 0.25) is 0 Å². The molecule has 34 heavy (non-hydrogen) atoms. The number of nitro groups is 1. The Morgan fingerprint density at radius 3 is 2.50 bits per heavy atom. The first kappa shape index (κ1) is 25.0. The molecule has 1 aliphatic heterocycles. The average Bonchev–Trinajstić information content (AvgIpc) is 2.77. The summed E-state index contributed by atoms with van der Waals surface area (Å²) < 4.78 is 41.9. The second-order valence-electron chi connectivity index (χ2n) is 7.95. The molecule has 0 saturated carbocycles. The first-order valence-corrected chi connectivity index (χ1v) is 10.4. The van der Waals surface area contributed by atoms with Crippen molar-refractivity contribution in [1.82, 2.24) is 4.90 Å². The van der Waals surface area contributed by atoms with Gasteiger partial charge in [-0.15, -0.1) is 0 Å². The molecule has 9 nitrogen and oxygen atoms in total. The molecule has 1 fully saturated rings. The van der Waals surface area contributed by atoms with Crippen molar-refractivity contribution >= 4 is 23.2 Å². The third kappa shape index (κ3) is 6.91. The summed E-state index contributed by atoms with van der Waals surface area (Å²) in [6, 6.07) is 9.69. The van der Waals surface area contributed by atoms with Gasteiger partial charge in [0.05, 0.1) is 4.92 Å². The van der Waals surface area contributed by atoms with Gasteiger partial charge in [0.25, 0.3) is 11.6 Å². The average molecular weight is 480 g/mol. The fourth-order valence-electron chi connectivity index (χ4n) is 3.69. The lowest BCUT2D eigenvalue weighted by Crippen LogP contribution is -2.38. The molecule has 2 aromatic rings. The second kappa shape index (κ2) is 10.5. The number of ether oxygens (including phenoxy) is 1. The number of likely N-dealkylation sites (tertiary alicyclic amines) is 1. The van der Waals surface area contributed by atoms with E-state index in [0.29, 0.717) is 38.2 Å². The zero-order valence-corrected chi connectivity index (χ0v) is 18.0. The fraction of sp³-hybridized carbons (Fsp3) is 0.364. The number of alkyl halides is 3. The van der Waals surface area contributed by atoms with Gasteiger partial charge in [-0.05, 0) is 55.8 Å². The van der Waals surface area contributed by atoms with Gasteiger partial charge < -0.3 is 15.8 Å². The summed E-state index contributed by atoms with van der Waals surface area (Å²) in [4.78, 5) is 36.7. The van der Waals surface area contributed by atoms with Crippen LogP contribution in [0.4, 0.5) is 24.5 Å². The maximum atomic E-state index is 12.7. The van der Waals surface area contributed by atoms with Gasteiger partial charge in [0.1, 0.15) is 11.3 Å². The number of halogens is 3. The lowest BCUT2D eigenvalue weighted by molar-refractivity contribution is -0.385. The van der Waals surface area contributed by atoms with E-state index in [2.05, 4.69) is 15.0 Å². The molecule has 182 valence electrons. The van der Waals surface area contributed by atoms with E-state index in [4.69, 9.17) is 5.73 Å². The van der Waals surface area contributed by atoms with Crippen molar-refractivity contribution < 1.29 is 32.4 Å². The number of carbonyl (C=O) groups is 2. The van der Waals surface area contributed by atoms with Crippen molar-refractivity contribution in [2.75, 3.05) is 25.0 Å². The molecule has 0 bridgehead atoms. The molecule has 1 aliphatic rings. The molecule has 0 aromatic heterocycles. The van der Waals surface area contributed by atoms with Gasteiger partial charge in [-0.2, -0.15) is 13.2 Å². The minimum absolute atomic E-state index is 0.131. The Morgan fingerprint density at radius 2 is 1.88 bits per heavy atom. The maximum absolute atomic E-state index is 12.7. The lowest BCUT2D eigenvalue weighted by Gasteiger charge is -2.30. The Kier molecular flexibility index (Phi) is 7.72. The maximum Gasteiger partial charge on any atom is 0.422 e. The van der Waals surface area contributed by atoms with Crippen LogP contribution in [0.25, 0.3) is 0 Å². The number of piperidine rings is 1. The third-order valence-electron chi connectivity index (χ3n) is 5.39. The van der Waals surface area contributed by atoms with E-state index < -0.39 is 34.9 Å². The molecule has 0 aliphatic carbocycles. The van der Waals surface area contributed by atoms with E-state index in [0.717, 1.165) is 23.8 Å². The van der Waals surface area contributed by atoms with Crippen molar-refractivity contribution in [3.63, 3.8) is 0 Å². The van der Waals surface area contributed by atoms with Gasteiger partial charge in [0, 0.05) is 24.2 Å². The van der Waals surface area contributed by atoms with Crippen LogP contribution in [0.5, 0.6) is 5.75 Å². The zero-order chi connectivity index (χ0) is 24.9. The highest BCUT2D eigenvalue weighted by Gasteiger charge is 2.29. The number of hydrogen-bond acceptors (Lipinski definition) is 6. The Morgan fingerprint density at radius 1 is 1.18 bits per heavy atom. The molecular formula is C22H23F3N4O5. The van der Waals surface area contributed by atoms with E-state index in [1.54, 1.807) is 18.2 Å². The zero-order valence-electron chi connectivity index (χ0n) is 18.0. The highest BCUT2D eigenvalue weighted by Crippen LogP contribution is 2.27. The van der Waals surface area contributed by atoms with Gasteiger partial charge in [-0.25, -0.2) is 0 Å². The van der Waals surface area contributed by atoms with E-state index in [1.807, 2.05) is 6.07 Å². The van der Waals surface area contributed by atoms with Gasteiger partial charge >= 0.3 is 6.18 Å². The van der Waals surface area contributed by atoms with Crippen LogP contribution in [0.15, 0.2) is 42.5 Å². The van der Waals surface area contributed by atoms with Crippen LogP contribution in [-0.2, 0) is 11.3 Å². The molecule has 3 rings (SSSR count). The molecule has 0 unspecified atom stereocenters. The van der Waals surface area contributed by atoms with Crippen LogP contribution in [0.3, 0.4) is 0 Å². The third-order valence-corrected chi connectivity index (χ3v) is 5.39. The van der Waals surface area contributed by atoms with E-state index in [-0.39, 0.29) is 17.6 Å². The van der Waals surface area contributed by atoms with Crippen LogP contribution < -0.4 is 15.8 Å². The van der Waals surface area contributed by atoms with Crippen LogP contribution >= 0.6 is 0 Å². The monoisotopic (exact) mass is 480 g/mol. The number of anilines is 1. The van der Waals surface area contributed by atoms with Crippen molar-refractivity contribution in [1.29, 1.82) is 0 Å². The van der Waals surface area contributed by atoms with E-state index in [1.165, 1.54) is 0 Å². The molecule has 1 heterocycles. The van der Waals surface area contributed by atoms with Crippen LogP contribution in [0, 0.1) is 16.0 Å². The SMILES string of the molecule is NC(=O)C1CCN(Cc2cccc(NC(=O)c3cc(OCC(F)(F)F)ccc3[N+](=O)[O-])c2)CC1. The normalized spacial score (nSPS) is 15.0. The Bertz CT molecular complexity index is 1070. The number of benzene rings is 2. The molecule has 3 N–H and O–H groups in total. The minimum Gasteiger partial charge on any atom is -0.484 e. The van der Waals surface area contributed by atoms with Crippen LogP contribution in [0.1, 0.15) is 28.8 Å². The quantitative estimate of drug-likeness (QED) is 0.440. The molecule has 12 heteroatoms. The number of amides is 2. The molecule has 2 amide bonds. The number of nitrogens with zero attached hydrogens (tertiary/aromatic N) is 2. The fourth-order valence-corrected chi connectivity index (χ4v) is 3.69. The highest BCUT2D eigenvalue weighted by atomic mass is 19.4. The predicted octanol–water partition coefficient (Wildman–Crippen LogP) is 3.49. The van der Waals surface area contributed by atoms with Gasteiger partial charge in [0.15, 0.2) is 6.61 Å². The van der Waals surface area contributed by atoms with Crippen molar-refractivity contribution in [2.45, 2.75) is 25.6 Å². The van der Waals surface area contributed by atoms with Crippen molar-refractivity contribution in [3.05, 3.63) is 63.7 Å². The summed E-state index contributed by atoms with van der Waals surface area (Å²) in [6.07, 6.45) is -3.26. The standard InChI is InChI=1S/C22H23F3N4O5/c23-22(24,25)13-34-17-4-5-19(29(32)33)18(11-17)21(31)27-16-3-1-2-14(10-16)12-28-8-6-15(7-9-28)20(26)30/h1-5,10-11,15H,6-9,12-13H2,(H2,26,30)(H,27,31). The van der Waals surface area contributed by atoms with Gasteiger partial charge in [0.2, 0.25) is 5.91 Å². The molecule has 0 atom stereocenters. The Hall–Kier alpha value is -3.67. The summed E-state index contributed by atoms with van der Waals surface area (Å²) in [7, 11) is 0. The molecule has 2 aromatic carbocycles. The van der Waals surface area contributed by atoms with Crippen molar-refractivity contribution in [2.24, 2.45) is 11.7 Å². The molecular weight excluding hydrogens is 457 g/mol. The Labute approximate surface area is 192 Å². The number of nitro benzene ring substituents is 1. The first-order chi connectivity index (χ1) is 16.0. The smallest absolute Gasteiger partial charge is 0.422 e. The summed E-state index contributed by atoms with van der Waals surface area (Å²) in [5.74, 6) is -1.61. The van der Waals surface area contributed by atoms with Gasteiger partial charge in [-0.3, -0.25) is 24.6 Å². The van der Waals surface area contributed by atoms with Gasteiger partial charge in [-0.1, -0.05) is 12.1 Å². The number of nitrogens with two attached hydrogens (primary N) is 1. The van der Waals surface area contributed by atoms with Crippen molar-refractivity contribution in [3.8, 4) is 5.75 Å². The lowest BCUT2D eigenvalue weighted by atomic mass is 9.96. The Balaban J connectivity index is 1.70. The summed E-state index contributed by atoms with van der Waals surface area (Å²) in [6.45, 7) is 0.364. The topological polar surface area (TPSA) is 128 Å². The predicted molar refractivity (Wildman–Crippen MR) is 116 cm³/mol. The summed E-state index contributed by atoms with van der Waals surface area (Å²) in [5, 5.41) is 13.9. The van der Waals surface area contributed by atoms with Crippen LogP contribution in [-0.4, -0.2) is 47.5 Å². The highest BCUT2D eigenvalue weighted by molar-refractivity contribution is 6.07. The number of nitrogens with one attached hydrogen (secondary N) is 1. The number of hydrogen-bond donors (Lipinski definition) is 2. The van der Waals surface area contributed by atoms with E-state index >= 15 is 0 Å². The number of carbonyl (C=O) groups excluding carboxylic acids is 2. The van der Waals surface area contributed by atoms with E-state index in [9.17, 15) is 32.9 Å².